The highest BCUT2D eigenvalue weighted by molar-refractivity contribution is 8.00. The molecule has 0 aliphatic carbocycles. The summed E-state index contributed by atoms with van der Waals surface area (Å²) in [7, 11) is 0. The van der Waals surface area contributed by atoms with Gasteiger partial charge in [-0.25, -0.2) is 4.39 Å². The van der Waals surface area contributed by atoms with Crippen LogP contribution in [-0.2, 0) is 9.59 Å². The summed E-state index contributed by atoms with van der Waals surface area (Å²) < 4.78 is 14.7. The molecule has 3 amide bonds. The number of amides is 3. The summed E-state index contributed by atoms with van der Waals surface area (Å²) in [6, 6.07) is 34.0. The molecular formula is C37H28Cl2FN3O3S. The molecule has 10 heteroatoms. The van der Waals surface area contributed by atoms with Crippen molar-refractivity contribution >= 4 is 70.1 Å². The van der Waals surface area contributed by atoms with Crippen molar-refractivity contribution in [3.05, 3.63) is 165 Å². The smallest absolute Gasteiger partial charge is 0.272 e. The summed E-state index contributed by atoms with van der Waals surface area (Å²) in [5, 5.41) is 8.28. The second kappa shape index (κ2) is 15.6. The third-order valence-electron chi connectivity index (χ3n) is 6.94. The van der Waals surface area contributed by atoms with Gasteiger partial charge in [-0.15, -0.1) is 11.8 Å². The van der Waals surface area contributed by atoms with Gasteiger partial charge in [0.25, 0.3) is 11.8 Å². The molecule has 6 nitrogen and oxygen atoms in total. The SMILES string of the molecule is Cc1ccc(NC(=O)C(Sc2cccc(NC(=O)/C(=C\c3c(F)cccc3Cl)NC(=O)c3ccccc3)c2)c2ccccc2)cc1Cl. The lowest BCUT2D eigenvalue weighted by Crippen LogP contribution is -2.30. The second-order valence-electron chi connectivity index (χ2n) is 10.4. The van der Waals surface area contributed by atoms with Crippen LogP contribution in [-0.4, -0.2) is 17.7 Å². The molecule has 0 aromatic heterocycles. The Bertz CT molecular complexity index is 1940. The summed E-state index contributed by atoms with van der Waals surface area (Å²) in [5.41, 5.74) is 2.66. The number of aryl methyl sites for hydroxylation is 1. The molecule has 0 saturated carbocycles. The summed E-state index contributed by atoms with van der Waals surface area (Å²) >= 11 is 13.8. The first-order valence-corrected chi connectivity index (χ1v) is 16.0. The van der Waals surface area contributed by atoms with E-state index in [-0.39, 0.29) is 22.2 Å². The molecule has 47 heavy (non-hydrogen) atoms. The van der Waals surface area contributed by atoms with Crippen LogP contribution in [0.25, 0.3) is 6.08 Å². The van der Waals surface area contributed by atoms with Crippen molar-refractivity contribution in [2.45, 2.75) is 17.1 Å². The molecule has 0 aliphatic heterocycles. The Morgan fingerprint density at radius 2 is 1.43 bits per heavy atom. The van der Waals surface area contributed by atoms with E-state index in [1.54, 1.807) is 60.7 Å². The first-order chi connectivity index (χ1) is 22.7. The van der Waals surface area contributed by atoms with Crippen LogP contribution in [0.5, 0.6) is 0 Å². The number of hydrogen-bond acceptors (Lipinski definition) is 4. The normalized spacial score (nSPS) is 11.8. The van der Waals surface area contributed by atoms with E-state index >= 15 is 0 Å². The number of anilines is 2. The maximum atomic E-state index is 14.7. The first kappa shape index (κ1) is 33.5. The minimum Gasteiger partial charge on any atom is -0.325 e. The molecule has 3 N–H and O–H groups in total. The van der Waals surface area contributed by atoms with Crippen molar-refractivity contribution in [1.29, 1.82) is 0 Å². The van der Waals surface area contributed by atoms with Gasteiger partial charge in [0.2, 0.25) is 5.91 Å². The lowest BCUT2D eigenvalue weighted by Gasteiger charge is -2.18. The molecule has 0 spiro atoms. The van der Waals surface area contributed by atoms with Crippen LogP contribution in [0.4, 0.5) is 15.8 Å². The van der Waals surface area contributed by atoms with E-state index in [0.717, 1.165) is 11.1 Å². The van der Waals surface area contributed by atoms with Gasteiger partial charge in [0.05, 0.1) is 5.02 Å². The maximum Gasteiger partial charge on any atom is 0.272 e. The molecule has 0 saturated heterocycles. The minimum absolute atomic E-state index is 0.0523. The standard InChI is InChI=1S/C37H28Cl2FN3O3S/c1-23-18-19-27(21-31(23)39)42-37(46)34(24-10-4-2-5-11-24)47-28-15-8-14-26(20-28)41-36(45)33(22-29-30(38)16-9-17-32(29)40)43-35(44)25-12-6-3-7-13-25/h2-22,34H,1H3,(H,41,45)(H,42,46)(H,43,44)/b33-22+. The van der Waals surface area contributed by atoms with E-state index < -0.39 is 22.9 Å². The lowest BCUT2D eigenvalue weighted by molar-refractivity contribution is -0.116. The highest BCUT2D eigenvalue weighted by atomic mass is 35.5. The minimum atomic E-state index is -0.704. The van der Waals surface area contributed by atoms with Gasteiger partial charge in [0.1, 0.15) is 16.8 Å². The van der Waals surface area contributed by atoms with Crippen LogP contribution in [0.1, 0.15) is 32.3 Å². The Morgan fingerprint density at radius 3 is 2.13 bits per heavy atom. The van der Waals surface area contributed by atoms with Gasteiger partial charge in [-0.3, -0.25) is 14.4 Å². The van der Waals surface area contributed by atoms with Crippen molar-refractivity contribution < 1.29 is 18.8 Å². The second-order valence-corrected chi connectivity index (χ2v) is 12.4. The average Bonchev–Trinajstić information content (AvgIpc) is 3.07. The fourth-order valence-electron chi connectivity index (χ4n) is 4.50. The van der Waals surface area contributed by atoms with Crippen molar-refractivity contribution in [2.24, 2.45) is 0 Å². The topological polar surface area (TPSA) is 87.3 Å². The van der Waals surface area contributed by atoms with Crippen molar-refractivity contribution in [1.82, 2.24) is 5.32 Å². The van der Waals surface area contributed by atoms with Crippen LogP contribution in [0.3, 0.4) is 0 Å². The summed E-state index contributed by atoms with van der Waals surface area (Å²) in [6.45, 7) is 1.88. The third kappa shape index (κ3) is 8.89. The van der Waals surface area contributed by atoms with Gasteiger partial charge < -0.3 is 16.0 Å². The molecule has 0 aliphatic rings. The predicted octanol–water partition coefficient (Wildman–Crippen LogP) is 9.32. The first-order valence-electron chi connectivity index (χ1n) is 14.4. The van der Waals surface area contributed by atoms with Crippen molar-refractivity contribution in [2.75, 3.05) is 10.6 Å². The Kier molecular flexibility index (Phi) is 11.1. The number of rotatable bonds is 10. The Hall–Kier alpha value is -4.89. The molecule has 0 fully saturated rings. The number of benzene rings is 5. The summed E-state index contributed by atoms with van der Waals surface area (Å²) in [5.74, 6) is -2.18. The molecule has 0 radical (unpaired) electrons. The predicted molar refractivity (Wildman–Crippen MR) is 188 cm³/mol. The Morgan fingerprint density at radius 1 is 0.745 bits per heavy atom. The molecule has 236 valence electrons. The fourth-order valence-corrected chi connectivity index (χ4v) is 5.98. The van der Waals surface area contributed by atoms with Crippen molar-refractivity contribution in [3.8, 4) is 0 Å². The number of thioether (sulfide) groups is 1. The highest BCUT2D eigenvalue weighted by Crippen LogP contribution is 2.37. The zero-order valence-electron chi connectivity index (χ0n) is 25.0. The number of carbonyl (C=O) groups is 3. The van der Waals surface area contributed by atoms with Gasteiger partial charge in [-0.2, -0.15) is 0 Å². The van der Waals surface area contributed by atoms with Crippen molar-refractivity contribution in [3.63, 3.8) is 0 Å². The fraction of sp³-hybridized carbons (Fsp3) is 0.0541. The maximum absolute atomic E-state index is 14.7. The Balaban J connectivity index is 1.40. The molecule has 5 rings (SSSR count). The number of hydrogen-bond donors (Lipinski definition) is 3. The largest absolute Gasteiger partial charge is 0.325 e. The summed E-state index contributed by atoms with van der Waals surface area (Å²) in [6.07, 6.45) is 1.19. The molecule has 0 heterocycles. The van der Waals surface area contributed by atoms with E-state index in [4.69, 9.17) is 23.2 Å². The monoisotopic (exact) mass is 683 g/mol. The van der Waals surface area contributed by atoms with Gasteiger partial charge in [-0.1, -0.05) is 89.9 Å². The zero-order valence-corrected chi connectivity index (χ0v) is 27.3. The highest BCUT2D eigenvalue weighted by Gasteiger charge is 2.23. The van der Waals surface area contributed by atoms with Crippen LogP contribution < -0.4 is 16.0 Å². The number of nitrogens with one attached hydrogen (secondary N) is 3. The van der Waals surface area contributed by atoms with Gasteiger partial charge in [-0.05, 0) is 78.7 Å². The molecule has 5 aromatic rings. The third-order valence-corrected chi connectivity index (χ3v) is 8.93. The lowest BCUT2D eigenvalue weighted by atomic mass is 10.1. The summed E-state index contributed by atoms with van der Waals surface area (Å²) in [4.78, 5) is 40.9. The van der Waals surface area contributed by atoms with Crippen LogP contribution in [0.2, 0.25) is 10.0 Å². The van der Waals surface area contributed by atoms with Gasteiger partial charge in [0, 0.05) is 32.4 Å². The van der Waals surface area contributed by atoms with E-state index in [1.165, 1.54) is 36.0 Å². The van der Waals surface area contributed by atoms with Gasteiger partial charge in [0.15, 0.2) is 0 Å². The van der Waals surface area contributed by atoms with Crippen LogP contribution in [0.15, 0.2) is 132 Å². The van der Waals surface area contributed by atoms with Crippen LogP contribution in [0, 0.1) is 12.7 Å². The molecule has 1 unspecified atom stereocenters. The van der Waals surface area contributed by atoms with E-state index in [0.29, 0.717) is 26.9 Å². The van der Waals surface area contributed by atoms with Gasteiger partial charge >= 0.3 is 0 Å². The Labute approximate surface area is 286 Å². The molecular weight excluding hydrogens is 656 g/mol. The van der Waals surface area contributed by atoms with E-state index in [2.05, 4.69) is 16.0 Å². The zero-order chi connectivity index (χ0) is 33.3. The molecule has 1 atom stereocenters. The molecule has 0 bridgehead atoms. The van der Waals surface area contributed by atoms with E-state index in [1.807, 2.05) is 49.4 Å². The molecule has 5 aromatic carbocycles. The average molecular weight is 685 g/mol. The quantitative estimate of drug-likeness (QED) is 0.101. The van der Waals surface area contributed by atoms with E-state index in [9.17, 15) is 18.8 Å². The van der Waals surface area contributed by atoms with Crippen LogP contribution >= 0.6 is 35.0 Å². The number of halogens is 3. The number of carbonyl (C=O) groups excluding carboxylic acids is 3.